The Morgan fingerprint density at radius 3 is 2.67 bits per heavy atom. The van der Waals surface area contributed by atoms with Crippen LogP contribution in [0.4, 0.5) is 0 Å². The van der Waals surface area contributed by atoms with E-state index in [1.807, 2.05) is 0 Å². The van der Waals surface area contributed by atoms with E-state index >= 15 is 0 Å². The number of benzene rings is 1. The number of nitrogens with one attached hydrogen (secondary N) is 1. The lowest BCUT2D eigenvalue weighted by atomic mass is 10.1. The van der Waals surface area contributed by atoms with Gasteiger partial charge in [-0.2, -0.15) is 0 Å². The van der Waals surface area contributed by atoms with Gasteiger partial charge in [-0.15, -0.1) is 0 Å². The minimum Gasteiger partial charge on any atom is -0.386 e. The van der Waals surface area contributed by atoms with Gasteiger partial charge in [0.1, 0.15) is 10.5 Å². The standard InChI is InChI=1S/C13H17Cl2NO4S/c1-8-5-10(14)9(2)12(11(8)15)21(18,19)16-6-13(17)3-4-20-7-13/h5,16-17H,3-4,6-7H2,1-2H3. The van der Waals surface area contributed by atoms with Crippen LogP contribution in [0.25, 0.3) is 0 Å². The Morgan fingerprint density at radius 1 is 1.43 bits per heavy atom. The molecule has 1 saturated heterocycles. The van der Waals surface area contributed by atoms with Crippen molar-refractivity contribution in [3.63, 3.8) is 0 Å². The number of aliphatic hydroxyl groups is 1. The molecule has 0 saturated carbocycles. The van der Waals surface area contributed by atoms with E-state index in [0.717, 1.165) is 0 Å². The van der Waals surface area contributed by atoms with Crippen molar-refractivity contribution in [2.45, 2.75) is 30.8 Å². The molecule has 1 fully saturated rings. The number of ether oxygens (including phenoxy) is 1. The highest BCUT2D eigenvalue weighted by atomic mass is 35.5. The molecule has 0 radical (unpaired) electrons. The van der Waals surface area contributed by atoms with E-state index in [2.05, 4.69) is 4.72 Å². The molecular weight excluding hydrogens is 337 g/mol. The molecule has 0 spiro atoms. The number of aryl methyl sites for hydroxylation is 1. The van der Waals surface area contributed by atoms with Gasteiger partial charge in [-0.3, -0.25) is 0 Å². The molecule has 1 aromatic rings. The Hall–Kier alpha value is -0.370. The van der Waals surface area contributed by atoms with Gasteiger partial charge in [-0.25, -0.2) is 13.1 Å². The van der Waals surface area contributed by atoms with Crippen molar-refractivity contribution in [2.75, 3.05) is 19.8 Å². The lowest BCUT2D eigenvalue weighted by Gasteiger charge is -2.21. The zero-order valence-electron chi connectivity index (χ0n) is 11.7. The smallest absolute Gasteiger partial charge is 0.242 e. The number of halogens is 2. The first-order chi connectivity index (χ1) is 9.66. The fourth-order valence-electron chi connectivity index (χ4n) is 2.17. The van der Waals surface area contributed by atoms with E-state index in [1.54, 1.807) is 19.9 Å². The van der Waals surface area contributed by atoms with Crippen molar-refractivity contribution in [2.24, 2.45) is 0 Å². The van der Waals surface area contributed by atoms with Gasteiger partial charge >= 0.3 is 0 Å². The molecule has 2 N–H and O–H groups in total. The predicted molar refractivity (Wildman–Crippen MR) is 81.5 cm³/mol. The first-order valence-electron chi connectivity index (χ1n) is 6.41. The molecule has 0 aromatic heterocycles. The largest absolute Gasteiger partial charge is 0.386 e. The molecule has 0 bridgehead atoms. The Bertz CT molecular complexity index is 628. The van der Waals surface area contributed by atoms with E-state index in [4.69, 9.17) is 27.9 Å². The van der Waals surface area contributed by atoms with E-state index in [-0.39, 0.29) is 23.1 Å². The maximum Gasteiger partial charge on any atom is 0.242 e. The second-order valence-corrected chi connectivity index (χ2v) is 7.78. The van der Waals surface area contributed by atoms with Crippen LogP contribution in [-0.4, -0.2) is 38.9 Å². The van der Waals surface area contributed by atoms with E-state index in [9.17, 15) is 13.5 Å². The van der Waals surface area contributed by atoms with Crippen LogP contribution >= 0.6 is 23.2 Å². The van der Waals surface area contributed by atoms with Crippen LogP contribution in [0.5, 0.6) is 0 Å². The Labute approximate surface area is 134 Å². The molecule has 1 aromatic carbocycles. The summed E-state index contributed by atoms with van der Waals surface area (Å²) in [5.74, 6) is 0. The monoisotopic (exact) mass is 353 g/mol. The Morgan fingerprint density at radius 2 is 2.10 bits per heavy atom. The fraction of sp³-hybridized carbons (Fsp3) is 0.538. The van der Waals surface area contributed by atoms with Gasteiger partial charge in [0.15, 0.2) is 0 Å². The molecule has 1 atom stereocenters. The van der Waals surface area contributed by atoms with Crippen LogP contribution in [0.1, 0.15) is 17.5 Å². The molecule has 118 valence electrons. The summed E-state index contributed by atoms with van der Waals surface area (Å²) in [5, 5.41) is 10.6. The third-order valence-electron chi connectivity index (χ3n) is 3.53. The Balaban J connectivity index is 2.32. The van der Waals surface area contributed by atoms with Crippen molar-refractivity contribution < 1.29 is 18.3 Å². The third-order valence-corrected chi connectivity index (χ3v) is 6.09. The van der Waals surface area contributed by atoms with Crippen LogP contribution in [0.2, 0.25) is 10.0 Å². The van der Waals surface area contributed by atoms with Crippen molar-refractivity contribution in [1.29, 1.82) is 0 Å². The van der Waals surface area contributed by atoms with Gasteiger partial charge in [0.2, 0.25) is 10.0 Å². The molecule has 0 amide bonds. The number of hydrogen-bond donors (Lipinski definition) is 2. The van der Waals surface area contributed by atoms with Gasteiger partial charge in [0.05, 0.1) is 11.6 Å². The van der Waals surface area contributed by atoms with Gasteiger partial charge in [0.25, 0.3) is 0 Å². The van der Waals surface area contributed by atoms with E-state index in [0.29, 0.717) is 29.2 Å². The molecule has 0 aliphatic carbocycles. The Kier molecular flexibility index (Phi) is 4.87. The lowest BCUT2D eigenvalue weighted by molar-refractivity contribution is 0.0314. The summed E-state index contributed by atoms with van der Waals surface area (Å²) in [6, 6.07) is 1.62. The molecule has 21 heavy (non-hydrogen) atoms. The molecule has 1 aliphatic rings. The highest BCUT2D eigenvalue weighted by Crippen LogP contribution is 2.33. The van der Waals surface area contributed by atoms with Crippen molar-refractivity contribution in [3.05, 3.63) is 27.2 Å². The van der Waals surface area contributed by atoms with Crippen molar-refractivity contribution in [3.8, 4) is 0 Å². The third kappa shape index (κ3) is 3.52. The van der Waals surface area contributed by atoms with Crippen LogP contribution in [0.3, 0.4) is 0 Å². The highest BCUT2D eigenvalue weighted by Gasteiger charge is 2.34. The summed E-state index contributed by atoms with van der Waals surface area (Å²) in [4.78, 5) is -0.0447. The molecule has 1 heterocycles. The summed E-state index contributed by atoms with van der Waals surface area (Å²) < 4.78 is 32.4. The molecule has 1 unspecified atom stereocenters. The summed E-state index contributed by atoms with van der Waals surface area (Å²) in [5.41, 5.74) is -0.217. The molecule has 5 nitrogen and oxygen atoms in total. The normalized spacial score (nSPS) is 22.7. The van der Waals surface area contributed by atoms with Gasteiger partial charge < -0.3 is 9.84 Å². The van der Waals surface area contributed by atoms with Crippen molar-refractivity contribution in [1.82, 2.24) is 4.72 Å². The van der Waals surface area contributed by atoms with E-state index in [1.165, 1.54) is 0 Å². The highest BCUT2D eigenvalue weighted by molar-refractivity contribution is 7.89. The number of hydrogen-bond acceptors (Lipinski definition) is 4. The van der Waals surface area contributed by atoms with E-state index < -0.39 is 15.6 Å². The maximum absolute atomic E-state index is 12.5. The summed E-state index contributed by atoms with van der Waals surface area (Å²) in [6.45, 7) is 3.67. The first-order valence-corrected chi connectivity index (χ1v) is 8.65. The quantitative estimate of drug-likeness (QED) is 0.868. The topological polar surface area (TPSA) is 75.6 Å². The summed E-state index contributed by atoms with van der Waals surface area (Å²) >= 11 is 12.2. The minimum atomic E-state index is -3.87. The zero-order valence-corrected chi connectivity index (χ0v) is 14.1. The number of rotatable bonds is 4. The van der Waals surface area contributed by atoms with Crippen LogP contribution in [0, 0.1) is 13.8 Å². The predicted octanol–water partition coefficient (Wildman–Crippen LogP) is 2.04. The summed E-state index contributed by atoms with van der Waals surface area (Å²) in [6.07, 6.45) is 0.386. The first kappa shape index (κ1) is 17.0. The SMILES string of the molecule is Cc1cc(Cl)c(C)c(S(=O)(=O)NCC2(O)CCOC2)c1Cl. The molecular formula is C13H17Cl2NO4S. The maximum atomic E-state index is 12.5. The van der Waals surface area contributed by atoms with Gasteiger partial charge in [-0.05, 0) is 31.0 Å². The number of sulfonamides is 1. The molecule has 8 heteroatoms. The van der Waals surface area contributed by atoms with Crippen molar-refractivity contribution >= 4 is 33.2 Å². The summed E-state index contributed by atoms with van der Waals surface area (Å²) in [7, 11) is -3.87. The van der Waals surface area contributed by atoms with Gasteiger partial charge in [0, 0.05) is 24.6 Å². The average Bonchev–Trinajstić information content (AvgIpc) is 2.82. The second kappa shape index (κ2) is 6.02. The average molecular weight is 354 g/mol. The van der Waals surface area contributed by atoms with Crippen LogP contribution < -0.4 is 4.72 Å². The molecule has 2 rings (SSSR count). The van der Waals surface area contributed by atoms with Crippen LogP contribution in [0.15, 0.2) is 11.0 Å². The minimum absolute atomic E-state index is 0.0447. The zero-order chi connectivity index (χ0) is 15.8. The fourth-order valence-corrected chi connectivity index (χ4v) is 4.50. The lowest BCUT2D eigenvalue weighted by Crippen LogP contribution is -2.43. The second-order valence-electron chi connectivity index (χ2n) is 5.29. The van der Waals surface area contributed by atoms with Crippen LogP contribution in [-0.2, 0) is 14.8 Å². The van der Waals surface area contributed by atoms with Gasteiger partial charge in [-0.1, -0.05) is 23.2 Å². The molecule has 1 aliphatic heterocycles.